The van der Waals surface area contributed by atoms with Crippen molar-refractivity contribution < 1.29 is 33.4 Å². The van der Waals surface area contributed by atoms with E-state index in [0.29, 0.717) is 16.8 Å². The Morgan fingerprint density at radius 3 is 2.21 bits per heavy atom. The van der Waals surface area contributed by atoms with Crippen LogP contribution in [0, 0.1) is 6.92 Å². The smallest absolute Gasteiger partial charge is 0.343 e. The van der Waals surface area contributed by atoms with E-state index in [1.165, 1.54) is 44.5 Å². The Bertz CT molecular complexity index is 1680. The number of nitrogens with zero attached hydrogens (tertiary/aromatic N) is 1. The summed E-state index contributed by atoms with van der Waals surface area (Å²) in [5.41, 5.74) is 5.13. The molecule has 0 aliphatic rings. The van der Waals surface area contributed by atoms with Crippen LogP contribution in [0.4, 0.5) is 5.69 Å². The highest BCUT2D eigenvalue weighted by Crippen LogP contribution is 2.28. The maximum Gasteiger partial charge on any atom is 0.343 e. The third kappa shape index (κ3) is 7.66. The molecule has 4 rings (SSSR count). The van der Waals surface area contributed by atoms with Crippen molar-refractivity contribution in [1.82, 2.24) is 5.43 Å². The van der Waals surface area contributed by atoms with Crippen molar-refractivity contribution in [3.05, 3.63) is 119 Å². The number of carbonyl (C=O) groups is 4. The lowest BCUT2D eigenvalue weighted by Crippen LogP contribution is -2.18. The number of hydrazone groups is 1. The topological polar surface area (TPSA) is 132 Å². The number of rotatable bonds is 9. The zero-order valence-electron chi connectivity index (χ0n) is 23.0. The van der Waals surface area contributed by atoms with E-state index in [0.717, 1.165) is 5.56 Å². The number of hydrogen-bond donors (Lipinski definition) is 2. The van der Waals surface area contributed by atoms with Crippen LogP contribution in [0.5, 0.6) is 17.2 Å². The summed E-state index contributed by atoms with van der Waals surface area (Å²) in [4.78, 5) is 49.4. The minimum Gasteiger partial charge on any atom is -0.493 e. The molecule has 10 nitrogen and oxygen atoms in total. The Balaban J connectivity index is 1.40. The summed E-state index contributed by atoms with van der Waals surface area (Å²) in [6, 6.07) is 24.5. The van der Waals surface area contributed by atoms with Gasteiger partial charge >= 0.3 is 11.9 Å². The molecule has 10 heteroatoms. The maximum absolute atomic E-state index is 12.8. The second-order valence-electron chi connectivity index (χ2n) is 8.99. The Hall–Kier alpha value is -5.77. The van der Waals surface area contributed by atoms with Crippen LogP contribution in [0.3, 0.4) is 0 Å². The molecule has 0 spiro atoms. The quantitative estimate of drug-likeness (QED) is 0.124. The van der Waals surface area contributed by atoms with Crippen molar-refractivity contribution in [2.45, 2.75) is 13.8 Å². The SMILES string of the molecule is COc1cc(C(=O)Nc2cccc(C(=O)NN=Cc3ccccc3OC(=O)c3cccc(C)c3)c2)ccc1OC(C)=O. The highest BCUT2D eigenvalue weighted by atomic mass is 16.6. The van der Waals surface area contributed by atoms with Crippen molar-refractivity contribution in [2.24, 2.45) is 5.10 Å². The summed E-state index contributed by atoms with van der Waals surface area (Å²) in [7, 11) is 1.39. The first kappa shape index (κ1) is 29.2. The molecule has 0 radical (unpaired) electrons. The van der Waals surface area contributed by atoms with Crippen molar-refractivity contribution in [3.63, 3.8) is 0 Å². The number of esters is 2. The molecule has 0 bridgehead atoms. The van der Waals surface area contributed by atoms with E-state index in [-0.39, 0.29) is 28.4 Å². The van der Waals surface area contributed by atoms with Crippen molar-refractivity contribution in [3.8, 4) is 17.2 Å². The molecular weight excluding hydrogens is 538 g/mol. The van der Waals surface area contributed by atoms with Gasteiger partial charge in [-0.15, -0.1) is 0 Å². The summed E-state index contributed by atoms with van der Waals surface area (Å²) in [5.74, 6) is -1.33. The third-order valence-electron chi connectivity index (χ3n) is 5.81. The van der Waals surface area contributed by atoms with E-state index in [1.54, 1.807) is 60.7 Å². The number of amides is 2. The lowest BCUT2D eigenvalue weighted by atomic mass is 10.1. The molecule has 0 heterocycles. The van der Waals surface area contributed by atoms with Gasteiger partial charge < -0.3 is 19.5 Å². The molecule has 4 aromatic carbocycles. The van der Waals surface area contributed by atoms with Crippen LogP contribution in [-0.4, -0.2) is 37.1 Å². The number of anilines is 1. The van der Waals surface area contributed by atoms with Gasteiger partial charge in [-0.05, 0) is 67.6 Å². The molecule has 4 aromatic rings. The normalized spacial score (nSPS) is 10.5. The number of benzene rings is 4. The van der Waals surface area contributed by atoms with Crippen LogP contribution in [-0.2, 0) is 4.79 Å². The molecule has 0 fully saturated rings. The summed E-state index contributed by atoms with van der Waals surface area (Å²) in [6.07, 6.45) is 1.37. The Morgan fingerprint density at radius 1 is 0.714 bits per heavy atom. The first-order chi connectivity index (χ1) is 20.2. The molecule has 0 saturated heterocycles. The zero-order valence-corrected chi connectivity index (χ0v) is 23.0. The fourth-order valence-electron chi connectivity index (χ4n) is 3.83. The second kappa shape index (κ2) is 13.5. The average molecular weight is 566 g/mol. The van der Waals surface area contributed by atoms with Gasteiger partial charge in [-0.1, -0.05) is 35.9 Å². The highest BCUT2D eigenvalue weighted by molar-refractivity contribution is 6.05. The number of aryl methyl sites for hydroxylation is 1. The second-order valence-corrected chi connectivity index (χ2v) is 8.99. The van der Waals surface area contributed by atoms with Gasteiger partial charge in [0.05, 0.1) is 18.9 Å². The maximum atomic E-state index is 12.8. The van der Waals surface area contributed by atoms with Crippen molar-refractivity contribution in [1.29, 1.82) is 0 Å². The molecular formula is C32H27N3O7. The van der Waals surface area contributed by atoms with E-state index in [1.807, 2.05) is 13.0 Å². The van der Waals surface area contributed by atoms with Gasteiger partial charge in [-0.3, -0.25) is 14.4 Å². The molecule has 0 aliphatic carbocycles. The van der Waals surface area contributed by atoms with Gasteiger partial charge in [0.1, 0.15) is 5.75 Å². The number of para-hydroxylation sites is 1. The Kier molecular flexibility index (Phi) is 9.41. The predicted molar refractivity (Wildman–Crippen MR) is 156 cm³/mol. The zero-order chi connectivity index (χ0) is 30.1. The number of ether oxygens (including phenoxy) is 3. The fourth-order valence-corrected chi connectivity index (χ4v) is 3.83. The van der Waals surface area contributed by atoms with E-state index in [4.69, 9.17) is 14.2 Å². The molecule has 2 amide bonds. The molecule has 0 unspecified atom stereocenters. The Morgan fingerprint density at radius 2 is 1.45 bits per heavy atom. The molecule has 0 aliphatic heterocycles. The number of hydrogen-bond acceptors (Lipinski definition) is 8. The minimum absolute atomic E-state index is 0.188. The van der Waals surface area contributed by atoms with E-state index < -0.39 is 23.8 Å². The Labute approximate surface area is 241 Å². The fraction of sp³-hybridized carbons (Fsp3) is 0.0938. The number of nitrogens with one attached hydrogen (secondary N) is 2. The summed E-state index contributed by atoms with van der Waals surface area (Å²) in [6.45, 7) is 3.14. The van der Waals surface area contributed by atoms with E-state index >= 15 is 0 Å². The molecule has 212 valence electrons. The van der Waals surface area contributed by atoms with Crippen molar-refractivity contribution >= 4 is 35.7 Å². The molecule has 0 atom stereocenters. The van der Waals surface area contributed by atoms with Gasteiger partial charge in [0, 0.05) is 29.3 Å². The molecule has 0 saturated carbocycles. The van der Waals surface area contributed by atoms with E-state index in [9.17, 15) is 19.2 Å². The summed E-state index contributed by atoms with van der Waals surface area (Å²) >= 11 is 0. The highest BCUT2D eigenvalue weighted by Gasteiger charge is 2.14. The van der Waals surface area contributed by atoms with Crippen LogP contribution in [0.2, 0.25) is 0 Å². The van der Waals surface area contributed by atoms with Gasteiger partial charge in [-0.25, -0.2) is 10.2 Å². The standard InChI is InChI=1S/C32H27N3O7/c1-20-8-6-11-24(16-20)32(39)42-27-13-5-4-9-25(27)19-33-35-31(38)22-10-7-12-26(17-22)34-30(37)23-14-15-28(41-21(2)36)29(18-23)40-3/h4-19H,1-3H3,(H,34,37)(H,35,38). The summed E-state index contributed by atoms with van der Waals surface area (Å²) in [5, 5.41) is 6.73. The van der Waals surface area contributed by atoms with Gasteiger partial charge in [0.25, 0.3) is 11.8 Å². The summed E-state index contributed by atoms with van der Waals surface area (Å²) < 4.78 is 15.8. The average Bonchev–Trinajstić information content (AvgIpc) is 2.98. The largest absolute Gasteiger partial charge is 0.493 e. The third-order valence-corrected chi connectivity index (χ3v) is 5.81. The minimum atomic E-state index is -0.524. The van der Waals surface area contributed by atoms with Crippen LogP contribution in [0.25, 0.3) is 0 Å². The molecule has 0 aromatic heterocycles. The first-order valence-electron chi connectivity index (χ1n) is 12.7. The lowest BCUT2D eigenvalue weighted by Gasteiger charge is -2.11. The van der Waals surface area contributed by atoms with Gasteiger partial charge in [-0.2, -0.15) is 5.10 Å². The number of methoxy groups -OCH3 is 1. The molecule has 42 heavy (non-hydrogen) atoms. The van der Waals surface area contributed by atoms with Crippen LogP contribution in [0.1, 0.15) is 49.1 Å². The first-order valence-corrected chi connectivity index (χ1v) is 12.7. The van der Waals surface area contributed by atoms with Crippen LogP contribution in [0.15, 0.2) is 96.1 Å². The van der Waals surface area contributed by atoms with E-state index in [2.05, 4.69) is 15.8 Å². The monoisotopic (exact) mass is 565 g/mol. The lowest BCUT2D eigenvalue weighted by molar-refractivity contribution is -0.132. The van der Waals surface area contributed by atoms with Gasteiger partial charge in [0.2, 0.25) is 0 Å². The number of carbonyl (C=O) groups excluding carboxylic acids is 4. The van der Waals surface area contributed by atoms with Crippen molar-refractivity contribution in [2.75, 3.05) is 12.4 Å². The predicted octanol–water partition coefficient (Wildman–Crippen LogP) is 5.16. The van der Waals surface area contributed by atoms with Gasteiger partial charge in [0.15, 0.2) is 11.5 Å². The van der Waals surface area contributed by atoms with Crippen LogP contribution < -0.4 is 25.0 Å². The van der Waals surface area contributed by atoms with Crippen LogP contribution >= 0.6 is 0 Å². The molecule has 2 N–H and O–H groups in total.